The Morgan fingerprint density at radius 1 is 1.25 bits per heavy atom. The molecule has 0 saturated carbocycles. The SMILES string of the molecule is CC(=O)N1CC[NH+](CC(=O)NC[C@H]2COc3ccccc3O2)CC1. The number of carbonyl (C=O) groups excluding carboxylic acids is 2. The van der Waals surface area contributed by atoms with Gasteiger partial charge in [0.1, 0.15) is 12.7 Å². The van der Waals surface area contributed by atoms with Gasteiger partial charge in [-0.1, -0.05) is 12.1 Å². The molecule has 1 atom stereocenters. The molecule has 1 aromatic rings. The predicted molar refractivity (Wildman–Crippen MR) is 87.2 cm³/mol. The smallest absolute Gasteiger partial charge is 0.275 e. The second-order valence-corrected chi connectivity index (χ2v) is 6.23. The number of hydrogen-bond acceptors (Lipinski definition) is 4. The Morgan fingerprint density at radius 3 is 2.67 bits per heavy atom. The van der Waals surface area contributed by atoms with Crippen molar-refractivity contribution in [2.24, 2.45) is 0 Å². The molecule has 1 saturated heterocycles. The number of carbonyl (C=O) groups is 2. The Kier molecular flexibility index (Phi) is 5.20. The van der Waals surface area contributed by atoms with E-state index in [-0.39, 0.29) is 17.9 Å². The van der Waals surface area contributed by atoms with E-state index in [0.29, 0.717) is 38.5 Å². The quantitative estimate of drug-likeness (QED) is 0.717. The number of piperazine rings is 1. The van der Waals surface area contributed by atoms with Crippen molar-refractivity contribution in [3.63, 3.8) is 0 Å². The molecule has 2 aliphatic heterocycles. The molecule has 7 nitrogen and oxygen atoms in total. The number of amides is 2. The molecule has 24 heavy (non-hydrogen) atoms. The molecular weight excluding hydrogens is 310 g/mol. The van der Waals surface area contributed by atoms with Crippen LogP contribution in [0.25, 0.3) is 0 Å². The van der Waals surface area contributed by atoms with E-state index in [2.05, 4.69) is 5.32 Å². The van der Waals surface area contributed by atoms with Crippen LogP contribution in [0.5, 0.6) is 11.5 Å². The average Bonchev–Trinajstić information content (AvgIpc) is 2.60. The first-order valence-corrected chi connectivity index (χ1v) is 8.36. The van der Waals surface area contributed by atoms with Crippen molar-refractivity contribution in [3.05, 3.63) is 24.3 Å². The van der Waals surface area contributed by atoms with Crippen molar-refractivity contribution in [1.82, 2.24) is 10.2 Å². The molecular formula is C17H24N3O4+. The zero-order valence-corrected chi connectivity index (χ0v) is 13.9. The summed E-state index contributed by atoms with van der Waals surface area (Å²) in [5.41, 5.74) is 0. The third-order valence-electron chi connectivity index (χ3n) is 4.42. The minimum atomic E-state index is -0.173. The molecule has 0 radical (unpaired) electrons. The summed E-state index contributed by atoms with van der Waals surface area (Å²) in [7, 11) is 0. The molecule has 2 amide bonds. The maximum atomic E-state index is 12.1. The summed E-state index contributed by atoms with van der Waals surface area (Å²) in [5, 5.41) is 2.92. The lowest BCUT2D eigenvalue weighted by molar-refractivity contribution is -0.896. The van der Waals surface area contributed by atoms with Gasteiger partial charge in [0.25, 0.3) is 5.91 Å². The van der Waals surface area contributed by atoms with Gasteiger partial charge in [-0.15, -0.1) is 0 Å². The van der Waals surface area contributed by atoms with Gasteiger partial charge in [-0.2, -0.15) is 0 Å². The Balaban J connectivity index is 1.38. The van der Waals surface area contributed by atoms with Crippen molar-refractivity contribution in [2.45, 2.75) is 13.0 Å². The fraction of sp³-hybridized carbons (Fsp3) is 0.529. The topological polar surface area (TPSA) is 72.3 Å². The van der Waals surface area contributed by atoms with Crippen LogP contribution in [0.4, 0.5) is 0 Å². The van der Waals surface area contributed by atoms with Crippen molar-refractivity contribution >= 4 is 11.8 Å². The molecule has 0 spiro atoms. The van der Waals surface area contributed by atoms with Crippen LogP contribution in [0.2, 0.25) is 0 Å². The van der Waals surface area contributed by atoms with E-state index in [1.165, 1.54) is 4.90 Å². The van der Waals surface area contributed by atoms with Gasteiger partial charge >= 0.3 is 0 Å². The van der Waals surface area contributed by atoms with E-state index in [0.717, 1.165) is 18.8 Å². The highest BCUT2D eigenvalue weighted by molar-refractivity contribution is 5.77. The molecule has 130 valence electrons. The highest BCUT2D eigenvalue weighted by atomic mass is 16.6. The highest BCUT2D eigenvalue weighted by Crippen LogP contribution is 2.30. The number of quaternary nitrogens is 1. The fourth-order valence-electron chi connectivity index (χ4n) is 3.00. The average molecular weight is 334 g/mol. The van der Waals surface area contributed by atoms with Gasteiger partial charge in [-0.25, -0.2) is 0 Å². The lowest BCUT2D eigenvalue weighted by Crippen LogP contribution is -3.15. The number of hydrogen-bond donors (Lipinski definition) is 2. The molecule has 0 aliphatic carbocycles. The van der Waals surface area contributed by atoms with Gasteiger partial charge in [-0.05, 0) is 12.1 Å². The maximum absolute atomic E-state index is 12.1. The van der Waals surface area contributed by atoms with Gasteiger partial charge in [0.2, 0.25) is 5.91 Å². The first-order valence-electron chi connectivity index (χ1n) is 8.36. The minimum Gasteiger partial charge on any atom is -0.486 e. The summed E-state index contributed by atoms with van der Waals surface area (Å²) in [4.78, 5) is 26.4. The third-order valence-corrected chi connectivity index (χ3v) is 4.42. The lowest BCUT2D eigenvalue weighted by Gasteiger charge is -2.31. The van der Waals surface area contributed by atoms with E-state index < -0.39 is 0 Å². The molecule has 3 rings (SSSR count). The lowest BCUT2D eigenvalue weighted by atomic mass is 10.2. The molecule has 0 bridgehead atoms. The number of nitrogens with zero attached hydrogens (tertiary/aromatic N) is 1. The van der Waals surface area contributed by atoms with Crippen LogP contribution in [-0.4, -0.2) is 68.7 Å². The number of fused-ring (bicyclic) bond motifs is 1. The molecule has 2 N–H and O–H groups in total. The number of para-hydroxylation sites is 2. The second-order valence-electron chi connectivity index (χ2n) is 6.23. The van der Waals surface area contributed by atoms with Crippen molar-refractivity contribution in [3.8, 4) is 11.5 Å². The van der Waals surface area contributed by atoms with E-state index >= 15 is 0 Å². The Hall–Kier alpha value is -2.28. The van der Waals surface area contributed by atoms with E-state index in [4.69, 9.17) is 9.47 Å². The largest absolute Gasteiger partial charge is 0.486 e. The summed E-state index contributed by atoms with van der Waals surface area (Å²) < 4.78 is 11.5. The van der Waals surface area contributed by atoms with Gasteiger partial charge in [0, 0.05) is 6.92 Å². The molecule has 7 heteroatoms. The van der Waals surface area contributed by atoms with Crippen LogP contribution in [0.3, 0.4) is 0 Å². The van der Waals surface area contributed by atoms with Crippen LogP contribution in [0.1, 0.15) is 6.92 Å². The van der Waals surface area contributed by atoms with E-state index in [9.17, 15) is 9.59 Å². The summed E-state index contributed by atoms with van der Waals surface area (Å²) in [5.74, 6) is 1.57. The molecule has 0 aromatic heterocycles. The summed E-state index contributed by atoms with van der Waals surface area (Å²) in [6, 6.07) is 7.53. The number of ether oxygens (including phenoxy) is 2. The fourth-order valence-corrected chi connectivity index (χ4v) is 3.00. The summed E-state index contributed by atoms with van der Waals surface area (Å²) in [6.07, 6.45) is -0.173. The zero-order valence-electron chi connectivity index (χ0n) is 13.9. The molecule has 0 unspecified atom stereocenters. The Bertz CT molecular complexity index is 599. The standard InChI is InChI=1S/C17H23N3O4/c1-13(21)20-8-6-19(7-9-20)11-17(22)18-10-14-12-23-15-4-2-3-5-16(15)24-14/h2-5,14H,6-12H2,1H3,(H,18,22)/p+1/t14-/m0/s1. The number of benzene rings is 1. The molecule has 2 heterocycles. The van der Waals surface area contributed by atoms with Gasteiger partial charge in [-0.3, -0.25) is 9.59 Å². The highest BCUT2D eigenvalue weighted by Gasteiger charge is 2.25. The summed E-state index contributed by atoms with van der Waals surface area (Å²) in [6.45, 7) is 5.93. The zero-order chi connectivity index (χ0) is 16.9. The van der Waals surface area contributed by atoms with Crippen LogP contribution in [0.15, 0.2) is 24.3 Å². The van der Waals surface area contributed by atoms with Gasteiger partial charge < -0.3 is 24.6 Å². The molecule has 2 aliphatic rings. The first kappa shape index (κ1) is 16.6. The van der Waals surface area contributed by atoms with E-state index in [1.807, 2.05) is 29.2 Å². The Labute approximate surface area is 141 Å². The predicted octanol–water partition coefficient (Wildman–Crippen LogP) is -1.31. The number of rotatable bonds is 4. The summed E-state index contributed by atoms with van der Waals surface area (Å²) >= 11 is 0. The molecule has 1 fully saturated rings. The van der Waals surface area contributed by atoms with Crippen LogP contribution >= 0.6 is 0 Å². The first-order chi connectivity index (χ1) is 11.6. The van der Waals surface area contributed by atoms with Gasteiger partial charge in [0.15, 0.2) is 18.0 Å². The maximum Gasteiger partial charge on any atom is 0.275 e. The molecule has 1 aromatic carbocycles. The van der Waals surface area contributed by atoms with Crippen LogP contribution < -0.4 is 19.7 Å². The van der Waals surface area contributed by atoms with Crippen LogP contribution in [-0.2, 0) is 9.59 Å². The van der Waals surface area contributed by atoms with Crippen molar-refractivity contribution in [1.29, 1.82) is 0 Å². The van der Waals surface area contributed by atoms with Crippen molar-refractivity contribution < 1.29 is 24.0 Å². The monoisotopic (exact) mass is 334 g/mol. The second kappa shape index (κ2) is 7.53. The Morgan fingerprint density at radius 2 is 1.96 bits per heavy atom. The number of nitrogens with one attached hydrogen (secondary N) is 2. The third kappa shape index (κ3) is 4.17. The van der Waals surface area contributed by atoms with Gasteiger partial charge in [0.05, 0.1) is 32.7 Å². The van der Waals surface area contributed by atoms with E-state index in [1.54, 1.807) is 6.92 Å². The minimum absolute atomic E-state index is 0.00346. The normalized spacial score (nSPS) is 20.5. The van der Waals surface area contributed by atoms with Crippen LogP contribution in [0, 0.1) is 0 Å². The van der Waals surface area contributed by atoms with Crippen molar-refractivity contribution in [2.75, 3.05) is 45.9 Å².